The molecule has 104 valence electrons. The Labute approximate surface area is 117 Å². The molecule has 2 rings (SSSR count). The Hall–Kier alpha value is -1.22. The van der Waals surface area contributed by atoms with E-state index in [1.807, 2.05) is 0 Å². The fourth-order valence-electron chi connectivity index (χ4n) is 2.01. The van der Waals surface area contributed by atoms with E-state index in [9.17, 15) is 9.90 Å². The highest BCUT2D eigenvalue weighted by molar-refractivity contribution is 9.11. The number of hydrogen-bond donors (Lipinski definition) is 3. The Kier molecular flexibility index (Phi) is 4.35. The molecule has 4 N–H and O–H groups in total. The maximum atomic E-state index is 11.8. The third-order valence-corrected chi connectivity index (χ3v) is 3.34. The molecule has 2 heterocycles. The van der Waals surface area contributed by atoms with Gasteiger partial charge in [0.2, 0.25) is 0 Å². The van der Waals surface area contributed by atoms with Gasteiger partial charge in [-0.1, -0.05) is 15.9 Å². The minimum absolute atomic E-state index is 0.121. The molecule has 0 saturated carbocycles. The van der Waals surface area contributed by atoms with Crippen molar-refractivity contribution in [2.24, 2.45) is 5.92 Å². The molecular weight excluding hydrogens is 318 g/mol. The predicted octanol–water partition coefficient (Wildman–Crippen LogP) is -0.311. The minimum atomic E-state index is -0.634. The van der Waals surface area contributed by atoms with Gasteiger partial charge in [0.05, 0.1) is 25.2 Å². The first kappa shape index (κ1) is 14.2. The van der Waals surface area contributed by atoms with Crippen LogP contribution in [0, 0.1) is 5.92 Å². The van der Waals surface area contributed by atoms with Crippen molar-refractivity contribution in [3.05, 3.63) is 27.2 Å². The molecule has 0 radical (unpaired) electrons. The maximum Gasteiger partial charge on any atom is 0.351 e. The monoisotopic (exact) mass is 331 g/mol. The Morgan fingerprint density at radius 1 is 1.53 bits per heavy atom. The van der Waals surface area contributed by atoms with Crippen molar-refractivity contribution in [1.29, 1.82) is 0 Å². The summed E-state index contributed by atoms with van der Waals surface area (Å²) >= 11 is 3.12. The van der Waals surface area contributed by atoms with Gasteiger partial charge in [0.1, 0.15) is 12.0 Å². The number of halogens is 1. The molecule has 1 aromatic heterocycles. The summed E-state index contributed by atoms with van der Waals surface area (Å²) in [5.41, 5.74) is 5.64. The molecule has 0 aromatic carbocycles. The summed E-state index contributed by atoms with van der Waals surface area (Å²) in [4.78, 5) is 17.1. The smallest absolute Gasteiger partial charge is 0.351 e. The highest BCUT2D eigenvalue weighted by Gasteiger charge is 2.43. The van der Waals surface area contributed by atoms with E-state index in [4.69, 9.17) is 15.6 Å². The Morgan fingerprint density at radius 3 is 2.84 bits per heavy atom. The van der Waals surface area contributed by atoms with Crippen LogP contribution >= 0.6 is 15.9 Å². The van der Waals surface area contributed by atoms with Crippen LogP contribution in [0.5, 0.6) is 0 Å². The number of aromatic nitrogens is 2. The van der Waals surface area contributed by atoms with E-state index in [1.54, 1.807) is 11.1 Å². The van der Waals surface area contributed by atoms with Gasteiger partial charge < -0.3 is 20.7 Å². The van der Waals surface area contributed by atoms with E-state index in [1.165, 1.54) is 10.8 Å². The molecule has 0 unspecified atom stereocenters. The molecule has 3 atom stereocenters. The normalized spacial score (nSPS) is 26.6. The molecule has 1 aliphatic rings. The first-order chi connectivity index (χ1) is 9.12. The number of hydrogen-bond acceptors (Lipinski definition) is 6. The van der Waals surface area contributed by atoms with Gasteiger partial charge in [-0.2, -0.15) is 4.98 Å². The van der Waals surface area contributed by atoms with Crippen molar-refractivity contribution in [2.45, 2.75) is 12.3 Å². The number of ether oxygens (including phenoxy) is 1. The molecular formula is C11H14BrN3O4. The molecule has 1 saturated heterocycles. The SMILES string of the molecule is Nc1nc(=O)n([C@@H]2O[C@H](CO)[C@H]2CO)cc1C=CBr. The standard InChI is InChI=1S/C11H14BrN3O4/c12-2-1-6-3-15(11(18)14-9(6)13)10-7(4-16)8(5-17)19-10/h1-3,7-8,10,16-17H,4-5H2,(H2,13,14,18)/t7-,8-,10-/m1/s1. The van der Waals surface area contributed by atoms with Crippen LogP contribution in [0.3, 0.4) is 0 Å². The summed E-state index contributed by atoms with van der Waals surface area (Å²) in [6.07, 6.45) is 2.07. The second-order valence-electron chi connectivity index (χ2n) is 4.16. The summed E-state index contributed by atoms with van der Waals surface area (Å²) in [5, 5.41) is 18.3. The molecule has 1 aliphatic heterocycles. The highest BCUT2D eigenvalue weighted by Crippen LogP contribution is 2.35. The summed E-state index contributed by atoms with van der Waals surface area (Å²) in [6, 6.07) is 0. The second kappa shape index (κ2) is 5.83. The topological polar surface area (TPSA) is 111 Å². The molecule has 8 heteroatoms. The molecule has 19 heavy (non-hydrogen) atoms. The molecule has 1 fully saturated rings. The zero-order chi connectivity index (χ0) is 14.0. The van der Waals surface area contributed by atoms with E-state index in [0.717, 1.165) is 0 Å². The van der Waals surface area contributed by atoms with Crippen molar-refractivity contribution in [1.82, 2.24) is 9.55 Å². The van der Waals surface area contributed by atoms with Crippen LogP contribution < -0.4 is 11.4 Å². The van der Waals surface area contributed by atoms with Crippen molar-refractivity contribution >= 4 is 27.8 Å². The molecule has 0 aliphatic carbocycles. The number of nitrogen functional groups attached to an aromatic ring is 1. The second-order valence-corrected chi connectivity index (χ2v) is 4.69. The lowest BCUT2D eigenvalue weighted by Crippen LogP contribution is -2.52. The van der Waals surface area contributed by atoms with Gasteiger partial charge >= 0.3 is 5.69 Å². The number of aliphatic hydroxyl groups is 2. The quantitative estimate of drug-likeness (QED) is 0.698. The molecule has 0 amide bonds. The van der Waals surface area contributed by atoms with Crippen LogP contribution in [0.15, 0.2) is 16.0 Å². The van der Waals surface area contributed by atoms with Crippen molar-refractivity contribution in [3.8, 4) is 0 Å². The predicted molar refractivity (Wildman–Crippen MR) is 72.4 cm³/mol. The zero-order valence-corrected chi connectivity index (χ0v) is 11.5. The van der Waals surface area contributed by atoms with Gasteiger partial charge in [-0.05, 0) is 11.1 Å². The fourth-order valence-corrected chi connectivity index (χ4v) is 2.29. The van der Waals surface area contributed by atoms with Crippen LogP contribution in [0.1, 0.15) is 11.8 Å². The lowest BCUT2D eigenvalue weighted by Gasteiger charge is -2.43. The van der Waals surface area contributed by atoms with Gasteiger partial charge in [0.15, 0.2) is 0 Å². The summed E-state index contributed by atoms with van der Waals surface area (Å²) in [7, 11) is 0. The molecule has 0 spiro atoms. The third-order valence-electron chi connectivity index (χ3n) is 3.08. The zero-order valence-electron chi connectivity index (χ0n) is 9.94. The lowest BCUT2D eigenvalue weighted by molar-refractivity contribution is -0.246. The van der Waals surface area contributed by atoms with Gasteiger partial charge in [0, 0.05) is 11.8 Å². The van der Waals surface area contributed by atoms with E-state index >= 15 is 0 Å². The van der Waals surface area contributed by atoms with Crippen LogP contribution in [0.2, 0.25) is 0 Å². The summed E-state index contributed by atoms with van der Waals surface area (Å²) in [5.74, 6) is -0.218. The van der Waals surface area contributed by atoms with Crippen molar-refractivity contribution in [2.75, 3.05) is 18.9 Å². The highest BCUT2D eigenvalue weighted by atomic mass is 79.9. The Balaban J connectivity index is 2.35. The third kappa shape index (κ3) is 2.57. The first-order valence-corrected chi connectivity index (χ1v) is 6.56. The van der Waals surface area contributed by atoms with Gasteiger partial charge in [-0.3, -0.25) is 4.57 Å². The number of rotatable bonds is 4. The fraction of sp³-hybridized carbons (Fsp3) is 0.455. The van der Waals surface area contributed by atoms with Gasteiger partial charge in [-0.25, -0.2) is 4.79 Å². The molecule has 0 bridgehead atoms. The average Bonchev–Trinajstić information content (AvgIpc) is 2.34. The molecule has 7 nitrogen and oxygen atoms in total. The van der Waals surface area contributed by atoms with Gasteiger partial charge in [0.25, 0.3) is 0 Å². The van der Waals surface area contributed by atoms with E-state index in [2.05, 4.69) is 20.9 Å². The van der Waals surface area contributed by atoms with Crippen LogP contribution in [-0.2, 0) is 4.74 Å². The Morgan fingerprint density at radius 2 is 2.26 bits per heavy atom. The maximum absolute atomic E-state index is 11.8. The number of anilines is 1. The largest absolute Gasteiger partial charge is 0.396 e. The lowest BCUT2D eigenvalue weighted by atomic mass is 9.95. The average molecular weight is 332 g/mol. The van der Waals surface area contributed by atoms with Crippen molar-refractivity contribution < 1.29 is 14.9 Å². The summed E-state index contributed by atoms with van der Waals surface area (Å²) in [6.45, 7) is -0.386. The van der Waals surface area contributed by atoms with E-state index in [-0.39, 0.29) is 24.9 Å². The van der Waals surface area contributed by atoms with E-state index < -0.39 is 18.0 Å². The van der Waals surface area contributed by atoms with Crippen LogP contribution in [0.25, 0.3) is 6.08 Å². The van der Waals surface area contributed by atoms with Crippen LogP contribution in [-0.4, -0.2) is 39.1 Å². The van der Waals surface area contributed by atoms with Crippen molar-refractivity contribution in [3.63, 3.8) is 0 Å². The Bertz CT molecular complexity index is 545. The number of aliphatic hydroxyl groups excluding tert-OH is 2. The summed E-state index contributed by atoms with van der Waals surface area (Å²) < 4.78 is 6.64. The van der Waals surface area contributed by atoms with Crippen LogP contribution in [0.4, 0.5) is 5.82 Å². The first-order valence-electron chi connectivity index (χ1n) is 5.65. The number of nitrogens with zero attached hydrogens (tertiary/aromatic N) is 2. The minimum Gasteiger partial charge on any atom is -0.396 e. The number of nitrogens with two attached hydrogens (primary N) is 1. The molecule has 1 aromatic rings. The van der Waals surface area contributed by atoms with Gasteiger partial charge in [-0.15, -0.1) is 0 Å². The van der Waals surface area contributed by atoms with E-state index in [0.29, 0.717) is 5.56 Å².